The van der Waals surface area contributed by atoms with E-state index >= 15 is 0 Å². The molecule has 118 valence electrons. The van der Waals surface area contributed by atoms with Crippen LogP contribution in [0.2, 0.25) is 0 Å². The van der Waals surface area contributed by atoms with Gasteiger partial charge in [-0.2, -0.15) is 0 Å². The Labute approximate surface area is 131 Å². The van der Waals surface area contributed by atoms with Gasteiger partial charge in [0, 0.05) is 32.3 Å². The number of fused-ring (bicyclic) bond motifs is 1. The van der Waals surface area contributed by atoms with Crippen LogP contribution in [0.3, 0.4) is 0 Å². The first-order valence-corrected chi connectivity index (χ1v) is 7.63. The Kier molecular flexibility index (Phi) is 4.45. The number of para-hydroxylation sites is 1. The van der Waals surface area contributed by atoms with E-state index in [2.05, 4.69) is 33.5 Å². The van der Waals surface area contributed by atoms with Crippen molar-refractivity contribution in [1.29, 1.82) is 0 Å². The summed E-state index contributed by atoms with van der Waals surface area (Å²) in [5.74, 6) is 2.07. The molecule has 0 spiro atoms. The van der Waals surface area contributed by atoms with E-state index in [9.17, 15) is 0 Å². The highest BCUT2D eigenvalue weighted by molar-refractivity contribution is 5.33. The Hall–Kier alpha value is -1.85. The van der Waals surface area contributed by atoms with E-state index in [1.807, 2.05) is 18.3 Å². The fourth-order valence-electron chi connectivity index (χ4n) is 3.14. The second-order valence-electron chi connectivity index (χ2n) is 5.65. The SMILES string of the molecule is COCc1cnc2n1CCN(Cc1ccccc1OC)[C@@H]2C. The van der Waals surface area contributed by atoms with Crippen molar-refractivity contribution in [3.63, 3.8) is 0 Å². The van der Waals surface area contributed by atoms with Gasteiger partial charge in [0.2, 0.25) is 0 Å². The predicted molar refractivity (Wildman–Crippen MR) is 84.8 cm³/mol. The highest BCUT2D eigenvalue weighted by Gasteiger charge is 2.27. The molecule has 2 aromatic rings. The standard InChI is InChI=1S/C17H23N3O2/c1-13-17-18-10-15(12-21-2)20(17)9-8-19(13)11-14-6-4-5-7-16(14)22-3/h4-7,10,13H,8-9,11-12H2,1-3H3/t13-/m1/s1. The van der Waals surface area contributed by atoms with Crippen molar-refractivity contribution in [2.24, 2.45) is 0 Å². The van der Waals surface area contributed by atoms with Crippen molar-refractivity contribution in [2.75, 3.05) is 20.8 Å². The molecule has 2 heterocycles. The number of benzene rings is 1. The predicted octanol–water partition coefficient (Wildman–Crippen LogP) is 2.61. The summed E-state index contributed by atoms with van der Waals surface area (Å²) in [5.41, 5.74) is 2.37. The summed E-state index contributed by atoms with van der Waals surface area (Å²) in [7, 11) is 3.45. The van der Waals surface area contributed by atoms with E-state index in [4.69, 9.17) is 9.47 Å². The molecule has 0 saturated carbocycles. The Bertz CT molecular complexity index is 639. The van der Waals surface area contributed by atoms with Gasteiger partial charge in [0.25, 0.3) is 0 Å². The van der Waals surface area contributed by atoms with E-state index in [0.717, 1.165) is 36.9 Å². The number of aromatic nitrogens is 2. The van der Waals surface area contributed by atoms with Gasteiger partial charge in [0.05, 0.1) is 31.6 Å². The van der Waals surface area contributed by atoms with Crippen LogP contribution in [0, 0.1) is 0 Å². The van der Waals surface area contributed by atoms with Crippen LogP contribution in [0.1, 0.15) is 30.0 Å². The molecule has 0 radical (unpaired) electrons. The van der Waals surface area contributed by atoms with E-state index in [1.54, 1.807) is 14.2 Å². The van der Waals surface area contributed by atoms with Crippen LogP contribution in [0.25, 0.3) is 0 Å². The molecule has 0 aliphatic carbocycles. The van der Waals surface area contributed by atoms with Crippen LogP contribution >= 0.6 is 0 Å². The molecule has 5 nitrogen and oxygen atoms in total. The van der Waals surface area contributed by atoms with Crippen molar-refractivity contribution in [3.8, 4) is 5.75 Å². The lowest BCUT2D eigenvalue weighted by Crippen LogP contribution is -2.37. The van der Waals surface area contributed by atoms with E-state index in [1.165, 1.54) is 5.56 Å². The average Bonchev–Trinajstić information content (AvgIpc) is 2.95. The van der Waals surface area contributed by atoms with Crippen molar-refractivity contribution in [3.05, 3.63) is 47.5 Å². The van der Waals surface area contributed by atoms with Crippen LogP contribution in [-0.2, 0) is 24.4 Å². The van der Waals surface area contributed by atoms with Gasteiger partial charge in [-0.05, 0) is 13.0 Å². The van der Waals surface area contributed by atoms with Crippen LogP contribution < -0.4 is 4.74 Å². The van der Waals surface area contributed by atoms with Crippen molar-refractivity contribution < 1.29 is 9.47 Å². The molecule has 0 amide bonds. The Balaban J connectivity index is 1.79. The molecule has 0 saturated heterocycles. The molecule has 1 aliphatic rings. The van der Waals surface area contributed by atoms with Crippen molar-refractivity contribution >= 4 is 0 Å². The Morgan fingerprint density at radius 1 is 1.23 bits per heavy atom. The fraction of sp³-hybridized carbons (Fsp3) is 0.471. The van der Waals surface area contributed by atoms with Gasteiger partial charge in [0.1, 0.15) is 11.6 Å². The normalized spacial score (nSPS) is 18.2. The second kappa shape index (κ2) is 6.50. The van der Waals surface area contributed by atoms with Crippen LogP contribution in [0.15, 0.2) is 30.5 Å². The minimum Gasteiger partial charge on any atom is -0.496 e. The zero-order valence-corrected chi connectivity index (χ0v) is 13.5. The summed E-state index contributed by atoms with van der Waals surface area (Å²) in [6.45, 7) is 5.65. The van der Waals surface area contributed by atoms with Gasteiger partial charge in [-0.25, -0.2) is 4.98 Å². The quantitative estimate of drug-likeness (QED) is 0.851. The molecule has 22 heavy (non-hydrogen) atoms. The van der Waals surface area contributed by atoms with Crippen molar-refractivity contribution in [1.82, 2.24) is 14.5 Å². The van der Waals surface area contributed by atoms with Gasteiger partial charge in [0.15, 0.2) is 0 Å². The molecular formula is C17H23N3O2. The lowest BCUT2D eigenvalue weighted by atomic mass is 10.1. The molecule has 1 aliphatic heterocycles. The van der Waals surface area contributed by atoms with Gasteiger partial charge < -0.3 is 14.0 Å². The monoisotopic (exact) mass is 301 g/mol. The number of ether oxygens (including phenoxy) is 2. The molecule has 0 N–H and O–H groups in total. The fourth-order valence-corrected chi connectivity index (χ4v) is 3.14. The maximum absolute atomic E-state index is 5.46. The zero-order chi connectivity index (χ0) is 15.5. The van der Waals surface area contributed by atoms with Crippen molar-refractivity contribution in [2.45, 2.75) is 32.7 Å². The van der Waals surface area contributed by atoms with E-state index in [0.29, 0.717) is 6.61 Å². The molecule has 1 aromatic heterocycles. The van der Waals surface area contributed by atoms with Gasteiger partial charge >= 0.3 is 0 Å². The number of rotatable bonds is 5. The maximum Gasteiger partial charge on any atom is 0.126 e. The molecule has 1 aromatic carbocycles. The first-order chi connectivity index (χ1) is 10.7. The molecule has 0 bridgehead atoms. The number of nitrogens with zero attached hydrogens (tertiary/aromatic N) is 3. The molecule has 0 unspecified atom stereocenters. The lowest BCUT2D eigenvalue weighted by Gasteiger charge is -2.34. The summed E-state index contributed by atoms with van der Waals surface area (Å²) >= 11 is 0. The van der Waals surface area contributed by atoms with Gasteiger partial charge in [-0.3, -0.25) is 4.90 Å². The van der Waals surface area contributed by atoms with Crippen LogP contribution in [0.5, 0.6) is 5.75 Å². The highest BCUT2D eigenvalue weighted by atomic mass is 16.5. The zero-order valence-electron chi connectivity index (χ0n) is 13.5. The average molecular weight is 301 g/mol. The summed E-state index contributed by atoms with van der Waals surface area (Å²) in [5, 5.41) is 0. The summed E-state index contributed by atoms with van der Waals surface area (Å²) in [6.07, 6.45) is 1.93. The summed E-state index contributed by atoms with van der Waals surface area (Å²) in [4.78, 5) is 7.04. The molecule has 5 heteroatoms. The summed E-state index contributed by atoms with van der Waals surface area (Å²) in [6, 6.07) is 8.49. The highest BCUT2D eigenvalue weighted by Crippen LogP contribution is 2.29. The topological polar surface area (TPSA) is 39.5 Å². The third-order valence-electron chi connectivity index (χ3n) is 4.36. The molecule has 0 fully saturated rings. The first-order valence-electron chi connectivity index (χ1n) is 7.63. The van der Waals surface area contributed by atoms with E-state index < -0.39 is 0 Å². The molecule has 1 atom stereocenters. The lowest BCUT2D eigenvalue weighted by molar-refractivity contribution is 0.142. The van der Waals surface area contributed by atoms with Gasteiger partial charge in [-0.1, -0.05) is 18.2 Å². The smallest absolute Gasteiger partial charge is 0.126 e. The third kappa shape index (κ3) is 2.74. The summed E-state index contributed by atoms with van der Waals surface area (Å²) < 4.78 is 13.0. The van der Waals surface area contributed by atoms with Gasteiger partial charge in [-0.15, -0.1) is 0 Å². The number of methoxy groups -OCH3 is 2. The van der Waals surface area contributed by atoms with E-state index in [-0.39, 0.29) is 6.04 Å². The first kappa shape index (κ1) is 15.1. The second-order valence-corrected chi connectivity index (χ2v) is 5.65. The minimum absolute atomic E-state index is 0.282. The number of hydrogen-bond donors (Lipinski definition) is 0. The molecular weight excluding hydrogens is 278 g/mol. The third-order valence-corrected chi connectivity index (χ3v) is 4.36. The number of imidazole rings is 1. The maximum atomic E-state index is 5.46. The van der Waals surface area contributed by atoms with Crippen LogP contribution in [0.4, 0.5) is 0 Å². The Morgan fingerprint density at radius 2 is 2.05 bits per heavy atom. The largest absolute Gasteiger partial charge is 0.496 e. The van der Waals surface area contributed by atoms with Crippen LogP contribution in [-0.4, -0.2) is 35.2 Å². The molecule has 3 rings (SSSR count). The minimum atomic E-state index is 0.282. The Morgan fingerprint density at radius 3 is 2.82 bits per heavy atom. The number of hydrogen-bond acceptors (Lipinski definition) is 4.